The van der Waals surface area contributed by atoms with Crippen LogP contribution in [-0.2, 0) is 11.2 Å². The number of amides is 1. The van der Waals surface area contributed by atoms with Gasteiger partial charge in [0.2, 0.25) is 5.91 Å². The van der Waals surface area contributed by atoms with Crippen LogP contribution in [0.1, 0.15) is 24.2 Å². The lowest BCUT2D eigenvalue weighted by Gasteiger charge is -2.15. The Hall–Kier alpha value is -2.07. The average molecular weight is 290 g/mol. The molecule has 4 nitrogen and oxygen atoms in total. The van der Waals surface area contributed by atoms with E-state index in [-0.39, 0.29) is 18.4 Å². The van der Waals surface area contributed by atoms with Crippen molar-refractivity contribution >= 4 is 23.2 Å². The zero-order valence-electron chi connectivity index (χ0n) is 11.1. The standard InChI is InChI=1S/C15H16ClN3O/c1-10(13-4-2-3-5-14(13)16)19-15(20)8-12-7-6-11(17)9-18-12/h2-7,9-10H,8,17H2,1H3,(H,19,20)/t10-/m1/s1. The van der Waals surface area contributed by atoms with Crippen molar-refractivity contribution in [3.63, 3.8) is 0 Å². The number of nitrogen functional groups attached to an aromatic ring is 1. The minimum atomic E-state index is -0.148. The molecule has 0 unspecified atom stereocenters. The van der Waals surface area contributed by atoms with Gasteiger partial charge in [-0.05, 0) is 30.7 Å². The number of anilines is 1. The van der Waals surface area contributed by atoms with Gasteiger partial charge in [-0.25, -0.2) is 0 Å². The number of nitrogens with one attached hydrogen (secondary N) is 1. The lowest BCUT2D eigenvalue weighted by atomic mass is 10.1. The first kappa shape index (κ1) is 14.3. The highest BCUT2D eigenvalue weighted by atomic mass is 35.5. The number of pyridine rings is 1. The third-order valence-electron chi connectivity index (χ3n) is 2.94. The maximum atomic E-state index is 12.0. The van der Waals surface area contributed by atoms with Crippen LogP contribution in [-0.4, -0.2) is 10.9 Å². The highest BCUT2D eigenvalue weighted by molar-refractivity contribution is 6.31. The van der Waals surface area contributed by atoms with Crippen LogP contribution < -0.4 is 11.1 Å². The minimum Gasteiger partial charge on any atom is -0.397 e. The Balaban J connectivity index is 1.98. The Morgan fingerprint density at radius 2 is 2.10 bits per heavy atom. The molecule has 0 aliphatic heterocycles. The van der Waals surface area contributed by atoms with Crippen molar-refractivity contribution < 1.29 is 4.79 Å². The van der Waals surface area contributed by atoms with E-state index < -0.39 is 0 Å². The van der Waals surface area contributed by atoms with Gasteiger partial charge in [0.15, 0.2) is 0 Å². The normalized spacial score (nSPS) is 11.9. The Bertz CT molecular complexity index is 598. The van der Waals surface area contributed by atoms with Gasteiger partial charge in [-0.3, -0.25) is 9.78 Å². The fraction of sp³-hybridized carbons (Fsp3) is 0.200. The second kappa shape index (κ2) is 6.39. The van der Waals surface area contributed by atoms with Crippen molar-refractivity contribution in [1.82, 2.24) is 10.3 Å². The van der Waals surface area contributed by atoms with Crippen LogP contribution in [0.25, 0.3) is 0 Å². The summed E-state index contributed by atoms with van der Waals surface area (Å²) in [5.41, 5.74) is 7.71. The molecule has 0 saturated carbocycles. The first-order chi connectivity index (χ1) is 9.56. The SMILES string of the molecule is C[C@@H](NC(=O)Cc1ccc(N)cn1)c1ccccc1Cl. The molecule has 0 saturated heterocycles. The van der Waals surface area contributed by atoms with Gasteiger partial charge in [-0.15, -0.1) is 0 Å². The predicted octanol–water partition coefficient (Wildman–Crippen LogP) is 2.74. The molecule has 1 amide bonds. The fourth-order valence-corrected chi connectivity index (χ4v) is 2.20. The Labute approximate surface area is 123 Å². The molecule has 20 heavy (non-hydrogen) atoms. The van der Waals surface area contributed by atoms with E-state index in [4.69, 9.17) is 17.3 Å². The molecule has 0 spiro atoms. The number of carbonyl (C=O) groups excluding carboxylic acids is 1. The molecule has 3 N–H and O–H groups in total. The topological polar surface area (TPSA) is 68.0 Å². The third kappa shape index (κ3) is 3.71. The van der Waals surface area contributed by atoms with Crippen LogP contribution in [0.15, 0.2) is 42.6 Å². The Kier molecular flexibility index (Phi) is 4.58. The lowest BCUT2D eigenvalue weighted by molar-refractivity contribution is -0.121. The Morgan fingerprint density at radius 1 is 1.35 bits per heavy atom. The molecule has 0 fully saturated rings. The van der Waals surface area contributed by atoms with Gasteiger partial charge in [0.25, 0.3) is 0 Å². The quantitative estimate of drug-likeness (QED) is 0.909. The number of rotatable bonds is 4. The van der Waals surface area contributed by atoms with E-state index in [1.807, 2.05) is 25.1 Å². The van der Waals surface area contributed by atoms with Gasteiger partial charge < -0.3 is 11.1 Å². The number of hydrogen-bond donors (Lipinski definition) is 2. The maximum Gasteiger partial charge on any atom is 0.226 e. The van der Waals surface area contributed by atoms with E-state index in [1.165, 1.54) is 0 Å². The first-order valence-corrected chi connectivity index (χ1v) is 6.68. The van der Waals surface area contributed by atoms with E-state index >= 15 is 0 Å². The fourth-order valence-electron chi connectivity index (χ4n) is 1.90. The van der Waals surface area contributed by atoms with E-state index in [0.29, 0.717) is 16.4 Å². The van der Waals surface area contributed by atoms with Gasteiger partial charge in [0.05, 0.1) is 24.3 Å². The van der Waals surface area contributed by atoms with Crippen LogP contribution >= 0.6 is 11.6 Å². The number of hydrogen-bond acceptors (Lipinski definition) is 3. The summed E-state index contributed by atoms with van der Waals surface area (Å²) in [4.78, 5) is 16.1. The second-order valence-corrected chi connectivity index (χ2v) is 4.98. The van der Waals surface area contributed by atoms with Gasteiger partial charge >= 0.3 is 0 Å². The third-order valence-corrected chi connectivity index (χ3v) is 3.28. The van der Waals surface area contributed by atoms with Gasteiger partial charge in [-0.2, -0.15) is 0 Å². The maximum absolute atomic E-state index is 12.0. The molecule has 2 rings (SSSR count). The zero-order chi connectivity index (χ0) is 14.5. The number of nitrogens with zero attached hydrogens (tertiary/aromatic N) is 1. The van der Waals surface area contributed by atoms with E-state index in [0.717, 1.165) is 5.56 Å². The summed E-state index contributed by atoms with van der Waals surface area (Å²) in [7, 11) is 0. The monoisotopic (exact) mass is 289 g/mol. The molecule has 0 radical (unpaired) electrons. The number of carbonyl (C=O) groups is 1. The van der Waals surface area contributed by atoms with Crippen LogP contribution in [0.5, 0.6) is 0 Å². The smallest absolute Gasteiger partial charge is 0.226 e. The Morgan fingerprint density at radius 3 is 2.75 bits per heavy atom. The van der Waals surface area contributed by atoms with Crippen LogP contribution in [0, 0.1) is 0 Å². The highest BCUT2D eigenvalue weighted by Gasteiger charge is 2.12. The molecule has 1 aromatic carbocycles. The van der Waals surface area contributed by atoms with Crippen molar-refractivity contribution in [2.45, 2.75) is 19.4 Å². The van der Waals surface area contributed by atoms with Crippen molar-refractivity contribution in [3.05, 3.63) is 58.9 Å². The zero-order valence-corrected chi connectivity index (χ0v) is 11.9. The van der Waals surface area contributed by atoms with E-state index in [1.54, 1.807) is 24.4 Å². The minimum absolute atomic E-state index is 0.102. The van der Waals surface area contributed by atoms with Crippen LogP contribution in [0.2, 0.25) is 5.02 Å². The summed E-state index contributed by atoms with van der Waals surface area (Å²) < 4.78 is 0. The van der Waals surface area contributed by atoms with Gasteiger partial charge in [-0.1, -0.05) is 29.8 Å². The molecule has 0 aliphatic carbocycles. The highest BCUT2D eigenvalue weighted by Crippen LogP contribution is 2.22. The summed E-state index contributed by atoms with van der Waals surface area (Å²) >= 11 is 6.10. The number of aromatic nitrogens is 1. The van der Waals surface area contributed by atoms with Crippen molar-refractivity contribution in [1.29, 1.82) is 0 Å². The van der Waals surface area contributed by atoms with Crippen molar-refractivity contribution in [3.8, 4) is 0 Å². The summed E-state index contributed by atoms with van der Waals surface area (Å²) in [6.07, 6.45) is 1.76. The summed E-state index contributed by atoms with van der Waals surface area (Å²) in [6.45, 7) is 1.90. The lowest BCUT2D eigenvalue weighted by Crippen LogP contribution is -2.28. The summed E-state index contributed by atoms with van der Waals surface area (Å²) in [6, 6.07) is 10.8. The van der Waals surface area contributed by atoms with Gasteiger partial charge in [0, 0.05) is 10.7 Å². The van der Waals surface area contributed by atoms with Gasteiger partial charge in [0.1, 0.15) is 0 Å². The second-order valence-electron chi connectivity index (χ2n) is 4.57. The molecular formula is C15H16ClN3O. The van der Waals surface area contributed by atoms with Crippen LogP contribution in [0.4, 0.5) is 5.69 Å². The van der Waals surface area contributed by atoms with E-state index in [2.05, 4.69) is 10.3 Å². The molecule has 2 aromatic rings. The summed E-state index contributed by atoms with van der Waals surface area (Å²) in [5, 5.41) is 3.55. The molecule has 1 atom stereocenters. The van der Waals surface area contributed by atoms with Crippen molar-refractivity contribution in [2.24, 2.45) is 0 Å². The molecule has 0 aliphatic rings. The summed E-state index contributed by atoms with van der Waals surface area (Å²) in [5.74, 6) is -0.102. The molecular weight excluding hydrogens is 274 g/mol. The molecule has 104 valence electrons. The molecule has 5 heteroatoms. The van der Waals surface area contributed by atoms with Crippen molar-refractivity contribution in [2.75, 3.05) is 5.73 Å². The largest absolute Gasteiger partial charge is 0.397 e. The first-order valence-electron chi connectivity index (χ1n) is 6.30. The molecule has 1 heterocycles. The number of nitrogens with two attached hydrogens (primary N) is 1. The number of benzene rings is 1. The number of halogens is 1. The van der Waals surface area contributed by atoms with Crippen LogP contribution in [0.3, 0.4) is 0 Å². The molecule has 1 aromatic heterocycles. The average Bonchev–Trinajstić information content (AvgIpc) is 2.41. The predicted molar refractivity (Wildman–Crippen MR) is 80.4 cm³/mol. The van der Waals surface area contributed by atoms with E-state index in [9.17, 15) is 4.79 Å². The molecule has 0 bridgehead atoms.